The molecule has 1 aromatic carbocycles. The van der Waals surface area contributed by atoms with E-state index in [2.05, 4.69) is 10.2 Å². The summed E-state index contributed by atoms with van der Waals surface area (Å²) in [6.07, 6.45) is 6.59. The highest BCUT2D eigenvalue weighted by Gasteiger charge is 2.52. The standard InChI is InChI=1S/C18H23FN2O/c19-14-6-4-13(5-7-14)18(9-10-18)17(22)20-15-8-12-21-11-2-1-3-16(15)21/h4-7,15-16H,1-3,8-12H2,(H,20,22). The van der Waals surface area contributed by atoms with Crippen molar-refractivity contribution in [3.8, 4) is 0 Å². The van der Waals surface area contributed by atoms with Gasteiger partial charge in [-0.1, -0.05) is 18.6 Å². The van der Waals surface area contributed by atoms with Crippen LogP contribution in [0.25, 0.3) is 0 Å². The number of halogens is 1. The van der Waals surface area contributed by atoms with Crippen LogP contribution in [0, 0.1) is 5.82 Å². The smallest absolute Gasteiger partial charge is 0.230 e. The van der Waals surface area contributed by atoms with Crippen LogP contribution in [0.3, 0.4) is 0 Å². The molecule has 22 heavy (non-hydrogen) atoms. The number of benzene rings is 1. The molecule has 0 aromatic heterocycles. The maximum atomic E-state index is 13.1. The molecule has 0 spiro atoms. The van der Waals surface area contributed by atoms with Gasteiger partial charge in [0.15, 0.2) is 0 Å². The van der Waals surface area contributed by atoms with Crippen LogP contribution in [0.15, 0.2) is 24.3 Å². The number of hydrogen-bond donors (Lipinski definition) is 1. The average molecular weight is 302 g/mol. The number of fused-ring (bicyclic) bond motifs is 1. The van der Waals surface area contributed by atoms with Crippen LogP contribution in [0.2, 0.25) is 0 Å². The van der Waals surface area contributed by atoms with Gasteiger partial charge in [-0.15, -0.1) is 0 Å². The first-order valence-corrected chi connectivity index (χ1v) is 8.50. The minimum Gasteiger partial charge on any atom is -0.351 e. The molecule has 2 unspecified atom stereocenters. The maximum absolute atomic E-state index is 13.1. The Morgan fingerprint density at radius 2 is 1.91 bits per heavy atom. The Morgan fingerprint density at radius 3 is 2.64 bits per heavy atom. The van der Waals surface area contributed by atoms with Crippen molar-refractivity contribution in [1.82, 2.24) is 10.2 Å². The molecule has 4 rings (SSSR count). The Bertz CT molecular complexity index is 567. The number of hydrogen-bond acceptors (Lipinski definition) is 2. The summed E-state index contributed by atoms with van der Waals surface area (Å²) in [5.41, 5.74) is 0.570. The molecule has 2 heterocycles. The molecule has 2 atom stereocenters. The van der Waals surface area contributed by atoms with Gasteiger partial charge < -0.3 is 5.32 Å². The van der Waals surface area contributed by atoms with E-state index in [9.17, 15) is 9.18 Å². The highest BCUT2D eigenvalue weighted by molar-refractivity contribution is 5.91. The van der Waals surface area contributed by atoms with Crippen LogP contribution in [-0.4, -0.2) is 36.0 Å². The number of rotatable bonds is 3. The summed E-state index contributed by atoms with van der Waals surface area (Å²) in [7, 11) is 0. The lowest BCUT2D eigenvalue weighted by Crippen LogP contribution is -2.49. The molecular formula is C18H23FN2O. The van der Waals surface area contributed by atoms with Crippen molar-refractivity contribution in [2.24, 2.45) is 0 Å². The first-order chi connectivity index (χ1) is 10.7. The molecule has 2 saturated heterocycles. The van der Waals surface area contributed by atoms with Gasteiger partial charge in [0.05, 0.1) is 5.41 Å². The molecule has 3 aliphatic rings. The number of nitrogens with zero attached hydrogens (tertiary/aromatic N) is 1. The SMILES string of the molecule is O=C(NC1CCN2CCCCC12)C1(c2ccc(F)cc2)CC1. The summed E-state index contributed by atoms with van der Waals surface area (Å²) in [5, 5.41) is 3.32. The van der Waals surface area contributed by atoms with Crippen LogP contribution in [0.5, 0.6) is 0 Å². The zero-order valence-corrected chi connectivity index (χ0v) is 12.9. The first-order valence-electron chi connectivity index (χ1n) is 8.50. The number of piperidine rings is 1. The van der Waals surface area contributed by atoms with Gasteiger partial charge in [-0.3, -0.25) is 9.69 Å². The van der Waals surface area contributed by atoms with Gasteiger partial charge in [0.25, 0.3) is 0 Å². The topological polar surface area (TPSA) is 32.3 Å². The van der Waals surface area contributed by atoms with E-state index < -0.39 is 5.41 Å². The lowest BCUT2D eigenvalue weighted by atomic mass is 9.93. The largest absolute Gasteiger partial charge is 0.351 e. The molecule has 1 saturated carbocycles. The molecule has 2 aliphatic heterocycles. The first kappa shape index (κ1) is 14.2. The van der Waals surface area contributed by atoms with E-state index in [1.165, 1.54) is 37.9 Å². The van der Waals surface area contributed by atoms with Gasteiger partial charge >= 0.3 is 0 Å². The van der Waals surface area contributed by atoms with Crippen LogP contribution >= 0.6 is 0 Å². The summed E-state index contributed by atoms with van der Waals surface area (Å²) in [4.78, 5) is 15.4. The van der Waals surface area contributed by atoms with Crippen LogP contribution < -0.4 is 5.32 Å². The molecular weight excluding hydrogens is 279 g/mol. The summed E-state index contributed by atoms with van der Waals surface area (Å²) < 4.78 is 13.1. The second-order valence-corrected chi connectivity index (χ2v) is 7.06. The fourth-order valence-electron chi connectivity index (χ4n) is 4.26. The van der Waals surface area contributed by atoms with E-state index >= 15 is 0 Å². The summed E-state index contributed by atoms with van der Waals surface area (Å²) in [6.45, 7) is 2.29. The average Bonchev–Trinajstić information content (AvgIpc) is 3.26. The van der Waals surface area contributed by atoms with Crippen molar-refractivity contribution in [2.45, 2.75) is 56.0 Å². The van der Waals surface area contributed by atoms with Gasteiger partial charge in [-0.05, 0) is 56.3 Å². The van der Waals surface area contributed by atoms with E-state index in [-0.39, 0.29) is 11.7 Å². The molecule has 0 radical (unpaired) electrons. The Morgan fingerprint density at radius 1 is 1.14 bits per heavy atom. The molecule has 0 bridgehead atoms. The zero-order valence-electron chi connectivity index (χ0n) is 12.9. The zero-order chi connectivity index (χ0) is 15.2. The highest BCUT2D eigenvalue weighted by atomic mass is 19.1. The summed E-state index contributed by atoms with van der Waals surface area (Å²) in [6, 6.07) is 7.28. The van der Waals surface area contributed by atoms with E-state index in [4.69, 9.17) is 0 Å². The van der Waals surface area contributed by atoms with E-state index in [1.807, 2.05) is 0 Å². The molecule has 1 aromatic rings. The minimum absolute atomic E-state index is 0.150. The second kappa shape index (κ2) is 5.34. The van der Waals surface area contributed by atoms with Crippen LogP contribution in [0.1, 0.15) is 44.1 Å². The number of nitrogens with one attached hydrogen (secondary N) is 1. The fraction of sp³-hybridized carbons (Fsp3) is 0.611. The Hall–Kier alpha value is -1.42. The number of carbonyl (C=O) groups is 1. The predicted octanol–water partition coefficient (Wildman–Crippen LogP) is 2.60. The maximum Gasteiger partial charge on any atom is 0.230 e. The molecule has 118 valence electrons. The van der Waals surface area contributed by atoms with Crippen molar-refractivity contribution in [2.75, 3.05) is 13.1 Å². The number of carbonyl (C=O) groups excluding carboxylic acids is 1. The molecule has 3 nitrogen and oxygen atoms in total. The van der Waals surface area contributed by atoms with Crippen molar-refractivity contribution in [3.63, 3.8) is 0 Å². The molecule has 3 fully saturated rings. The van der Waals surface area contributed by atoms with E-state index in [1.54, 1.807) is 12.1 Å². The van der Waals surface area contributed by atoms with Gasteiger partial charge in [0.2, 0.25) is 5.91 Å². The summed E-state index contributed by atoms with van der Waals surface area (Å²) in [5.74, 6) is -0.0925. The molecule has 1 amide bonds. The summed E-state index contributed by atoms with van der Waals surface area (Å²) >= 11 is 0. The molecule has 1 aliphatic carbocycles. The third kappa shape index (κ3) is 2.34. The monoisotopic (exact) mass is 302 g/mol. The lowest BCUT2D eigenvalue weighted by Gasteiger charge is -2.33. The van der Waals surface area contributed by atoms with E-state index in [0.717, 1.165) is 31.4 Å². The lowest BCUT2D eigenvalue weighted by molar-refractivity contribution is -0.124. The van der Waals surface area contributed by atoms with Crippen LogP contribution in [0.4, 0.5) is 4.39 Å². The number of amides is 1. The quantitative estimate of drug-likeness (QED) is 0.931. The highest BCUT2D eigenvalue weighted by Crippen LogP contribution is 2.48. The van der Waals surface area contributed by atoms with E-state index in [0.29, 0.717) is 12.1 Å². The van der Waals surface area contributed by atoms with Crippen molar-refractivity contribution in [3.05, 3.63) is 35.6 Å². The Balaban J connectivity index is 1.47. The Kier molecular flexibility index (Phi) is 3.44. The fourth-order valence-corrected chi connectivity index (χ4v) is 4.26. The third-order valence-electron chi connectivity index (χ3n) is 5.75. The van der Waals surface area contributed by atoms with Gasteiger partial charge in [-0.2, -0.15) is 0 Å². The Labute approximate surface area is 130 Å². The predicted molar refractivity (Wildman–Crippen MR) is 83.1 cm³/mol. The van der Waals surface area contributed by atoms with Gasteiger partial charge in [-0.25, -0.2) is 4.39 Å². The van der Waals surface area contributed by atoms with Crippen molar-refractivity contribution >= 4 is 5.91 Å². The van der Waals surface area contributed by atoms with Gasteiger partial charge in [0.1, 0.15) is 5.82 Å². The van der Waals surface area contributed by atoms with Gasteiger partial charge in [0, 0.05) is 18.6 Å². The minimum atomic E-state index is -0.393. The normalized spacial score (nSPS) is 29.9. The second-order valence-electron chi connectivity index (χ2n) is 7.06. The third-order valence-corrected chi connectivity index (χ3v) is 5.75. The van der Waals surface area contributed by atoms with Crippen molar-refractivity contribution < 1.29 is 9.18 Å². The van der Waals surface area contributed by atoms with Crippen molar-refractivity contribution in [1.29, 1.82) is 0 Å². The van der Waals surface area contributed by atoms with Crippen LogP contribution in [-0.2, 0) is 10.2 Å². The molecule has 4 heteroatoms. The molecule has 1 N–H and O–H groups in total.